The van der Waals surface area contributed by atoms with Crippen molar-refractivity contribution >= 4 is 27.4 Å². The summed E-state index contributed by atoms with van der Waals surface area (Å²) in [5, 5.41) is 2.59. The molecule has 1 aliphatic heterocycles. The molecule has 24 heavy (non-hydrogen) atoms. The lowest BCUT2D eigenvalue weighted by atomic mass is 10.1. The highest BCUT2D eigenvalue weighted by molar-refractivity contribution is 7.92. The first kappa shape index (κ1) is 18.5. The van der Waals surface area contributed by atoms with Crippen LogP contribution in [0, 0.1) is 12.7 Å². The second-order valence-electron chi connectivity index (χ2n) is 6.28. The summed E-state index contributed by atoms with van der Waals surface area (Å²) in [6.45, 7) is 5.62. The van der Waals surface area contributed by atoms with Gasteiger partial charge in [-0.2, -0.15) is 0 Å². The first-order valence-electron chi connectivity index (χ1n) is 7.46. The summed E-state index contributed by atoms with van der Waals surface area (Å²) in [5.41, 5.74) is -0.197. The second-order valence-corrected chi connectivity index (χ2v) is 8.00. The maximum absolute atomic E-state index is 14.2. The fourth-order valence-corrected chi connectivity index (χ4v) is 4.18. The van der Waals surface area contributed by atoms with Gasteiger partial charge in [0.25, 0.3) is 0 Å². The average Bonchev–Trinajstić information content (AvgIpc) is 2.87. The Kier molecular flexibility index (Phi) is 5.05. The Labute approximate surface area is 141 Å². The minimum atomic E-state index is -3.71. The van der Waals surface area contributed by atoms with Crippen LogP contribution in [0.15, 0.2) is 12.1 Å². The number of nitrogens with zero attached hydrogens (tertiary/aromatic N) is 1. The summed E-state index contributed by atoms with van der Waals surface area (Å²) in [5.74, 6) is -0.836. The highest BCUT2D eigenvalue weighted by atomic mass is 32.2. The van der Waals surface area contributed by atoms with Crippen LogP contribution in [0.3, 0.4) is 0 Å². The van der Waals surface area contributed by atoms with Gasteiger partial charge in [-0.15, -0.1) is 0 Å². The van der Waals surface area contributed by atoms with Crippen molar-refractivity contribution in [3.05, 3.63) is 23.5 Å². The van der Waals surface area contributed by atoms with Crippen LogP contribution in [-0.2, 0) is 14.8 Å². The van der Waals surface area contributed by atoms with Gasteiger partial charge in [-0.05, 0) is 38.5 Å². The van der Waals surface area contributed by atoms with E-state index in [0.717, 1.165) is 6.07 Å². The zero-order chi connectivity index (χ0) is 18.1. The summed E-state index contributed by atoms with van der Waals surface area (Å²) < 4.78 is 46.4. The number of rotatable bonds is 6. The van der Waals surface area contributed by atoms with Crippen LogP contribution in [0.25, 0.3) is 0 Å². The minimum absolute atomic E-state index is 0.0798. The van der Waals surface area contributed by atoms with Crippen molar-refractivity contribution in [2.24, 2.45) is 0 Å². The van der Waals surface area contributed by atoms with Crippen molar-refractivity contribution in [1.29, 1.82) is 0 Å². The number of carbonyl (C=O) groups is 1. The number of sulfonamides is 1. The first-order chi connectivity index (χ1) is 11.1. The number of hydrogen-bond acceptors (Lipinski definition) is 4. The summed E-state index contributed by atoms with van der Waals surface area (Å²) in [7, 11) is -2.28. The molecule has 2 rings (SSSR count). The molecule has 0 aromatic heterocycles. The van der Waals surface area contributed by atoms with E-state index in [-0.39, 0.29) is 17.1 Å². The number of carbonyl (C=O) groups excluding carboxylic acids is 1. The van der Waals surface area contributed by atoms with Crippen molar-refractivity contribution in [3.8, 4) is 0 Å². The van der Waals surface area contributed by atoms with Crippen molar-refractivity contribution in [2.45, 2.75) is 26.4 Å². The molecule has 0 saturated carbocycles. The molecule has 0 unspecified atom stereocenters. The number of methoxy groups -OCH3 is 1. The van der Waals surface area contributed by atoms with Gasteiger partial charge in [0, 0.05) is 20.2 Å². The Morgan fingerprint density at radius 1 is 1.42 bits per heavy atom. The predicted octanol–water partition coefficient (Wildman–Crippen LogP) is 1.83. The SMILES string of the molecule is COC(C)(C)CS(=O)(=O)Nc1ccc(F)c(N2CCNC2=O)c1C. The van der Waals surface area contributed by atoms with Gasteiger partial charge < -0.3 is 10.1 Å². The third kappa shape index (κ3) is 3.96. The number of urea groups is 1. The Hall–Kier alpha value is -1.87. The maximum atomic E-state index is 14.2. The molecule has 2 N–H and O–H groups in total. The normalized spacial score (nSPS) is 15.5. The van der Waals surface area contributed by atoms with Gasteiger partial charge in [-0.25, -0.2) is 17.6 Å². The number of ether oxygens (including phenoxy) is 1. The quantitative estimate of drug-likeness (QED) is 0.811. The zero-order valence-corrected chi connectivity index (χ0v) is 15.0. The third-order valence-electron chi connectivity index (χ3n) is 3.86. The van der Waals surface area contributed by atoms with Crippen LogP contribution in [-0.4, -0.2) is 46.0 Å². The summed E-state index contributed by atoms with van der Waals surface area (Å²) in [6.07, 6.45) is 0. The molecule has 0 atom stereocenters. The van der Waals surface area contributed by atoms with Gasteiger partial charge in [0.1, 0.15) is 5.82 Å². The molecule has 134 valence electrons. The molecule has 1 saturated heterocycles. The first-order valence-corrected chi connectivity index (χ1v) is 9.12. The van der Waals surface area contributed by atoms with E-state index in [1.807, 2.05) is 0 Å². The van der Waals surface area contributed by atoms with Gasteiger partial charge in [0.15, 0.2) is 0 Å². The van der Waals surface area contributed by atoms with Crippen LogP contribution in [0.1, 0.15) is 19.4 Å². The van der Waals surface area contributed by atoms with E-state index >= 15 is 0 Å². The number of anilines is 2. The molecule has 9 heteroatoms. The lowest BCUT2D eigenvalue weighted by Crippen LogP contribution is -2.35. The van der Waals surface area contributed by atoms with E-state index in [4.69, 9.17) is 4.74 Å². The molecular weight excluding hydrogens is 337 g/mol. The summed E-state index contributed by atoms with van der Waals surface area (Å²) in [4.78, 5) is 13.1. The van der Waals surface area contributed by atoms with E-state index in [2.05, 4.69) is 10.0 Å². The number of benzene rings is 1. The van der Waals surface area contributed by atoms with E-state index in [0.29, 0.717) is 18.7 Å². The monoisotopic (exact) mass is 359 g/mol. The van der Waals surface area contributed by atoms with Crippen molar-refractivity contribution in [3.63, 3.8) is 0 Å². The smallest absolute Gasteiger partial charge is 0.322 e. The summed E-state index contributed by atoms with van der Waals surface area (Å²) in [6, 6.07) is 2.09. The third-order valence-corrected chi connectivity index (χ3v) is 5.47. The molecule has 0 aliphatic carbocycles. The fraction of sp³-hybridized carbons (Fsp3) is 0.533. The molecule has 1 heterocycles. The van der Waals surface area contributed by atoms with E-state index < -0.39 is 27.5 Å². The standard InChI is InChI=1S/C15H22FN3O4S/c1-10-12(18-24(21,22)9-15(2,3)23-4)6-5-11(16)13(10)19-8-7-17-14(19)20/h5-6,18H,7-9H2,1-4H3,(H,17,20). The molecule has 1 aromatic rings. The van der Waals surface area contributed by atoms with E-state index in [9.17, 15) is 17.6 Å². The fourth-order valence-electron chi connectivity index (χ4n) is 2.51. The number of nitrogens with one attached hydrogen (secondary N) is 2. The summed E-state index contributed by atoms with van der Waals surface area (Å²) >= 11 is 0. The van der Waals surface area contributed by atoms with E-state index in [1.54, 1.807) is 20.8 Å². The van der Waals surface area contributed by atoms with Gasteiger partial charge in [-0.1, -0.05) is 0 Å². The van der Waals surface area contributed by atoms with Crippen LogP contribution < -0.4 is 14.9 Å². The molecule has 1 fully saturated rings. The molecular formula is C15H22FN3O4S. The maximum Gasteiger partial charge on any atom is 0.322 e. The van der Waals surface area contributed by atoms with Gasteiger partial charge in [0.05, 0.1) is 22.7 Å². The van der Waals surface area contributed by atoms with Crippen LogP contribution in [0.2, 0.25) is 0 Å². The average molecular weight is 359 g/mol. The van der Waals surface area contributed by atoms with Crippen molar-refractivity contribution in [1.82, 2.24) is 5.32 Å². The Balaban J connectivity index is 2.34. The highest BCUT2D eigenvalue weighted by Gasteiger charge is 2.29. The van der Waals surface area contributed by atoms with Gasteiger partial charge in [-0.3, -0.25) is 9.62 Å². The highest BCUT2D eigenvalue weighted by Crippen LogP contribution is 2.31. The number of hydrogen-bond donors (Lipinski definition) is 2. The number of halogens is 1. The molecule has 0 bridgehead atoms. The largest absolute Gasteiger partial charge is 0.378 e. The Morgan fingerprint density at radius 3 is 2.62 bits per heavy atom. The van der Waals surface area contributed by atoms with Crippen molar-refractivity contribution in [2.75, 3.05) is 35.6 Å². The lowest BCUT2D eigenvalue weighted by Gasteiger charge is -2.24. The minimum Gasteiger partial charge on any atom is -0.378 e. The Bertz CT molecular complexity index is 749. The van der Waals surface area contributed by atoms with Crippen molar-refractivity contribution < 1.29 is 22.3 Å². The number of amides is 2. The molecule has 0 spiro atoms. The van der Waals surface area contributed by atoms with Crippen LogP contribution >= 0.6 is 0 Å². The molecule has 1 aliphatic rings. The molecule has 7 nitrogen and oxygen atoms in total. The van der Waals surface area contributed by atoms with E-state index in [1.165, 1.54) is 18.1 Å². The lowest BCUT2D eigenvalue weighted by molar-refractivity contribution is 0.0426. The predicted molar refractivity (Wildman–Crippen MR) is 90.4 cm³/mol. The molecule has 0 radical (unpaired) electrons. The molecule has 1 aromatic carbocycles. The zero-order valence-electron chi connectivity index (χ0n) is 14.1. The van der Waals surface area contributed by atoms with Gasteiger partial charge in [0.2, 0.25) is 10.0 Å². The second kappa shape index (κ2) is 6.56. The van der Waals surface area contributed by atoms with Crippen LogP contribution in [0.4, 0.5) is 20.6 Å². The van der Waals surface area contributed by atoms with Crippen LogP contribution in [0.5, 0.6) is 0 Å². The topological polar surface area (TPSA) is 87.7 Å². The Morgan fingerprint density at radius 2 is 2.08 bits per heavy atom. The molecule has 2 amide bonds. The van der Waals surface area contributed by atoms with Gasteiger partial charge >= 0.3 is 6.03 Å².